The van der Waals surface area contributed by atoms with Crippen LogP contribution < -0.4 is 0 Å². The van der Waals surface area contributed by atoms with Crippen LogP contribution in [-0.2, 0) is 4.74 Å². The summed E-state index contributed by atoms with van der Waals surface area (Å²) >= 11 is 0. The quantitative estimate of drug-likeness (QED) is 0.484. The maximum Gasteiger partial charge on any atom is 0.196 e. The molecule has 2 heteroatoms. The lowest BCUT2D eigenvalue weighted by Gasteiger charge is -2.27. The summed E-state index contributed by atoms with van der Waals surface area (Å²) in [5, 5.41) is 9.13. The molecule has 1 atom stereocenters. The molecular weight excluding hydrogens is 186 g/mol. The first-order valence-electron chi connectivity index (χ1n) is 5.76. The number of hydrogen-bond donors (Lipinski definition) is 0. The molecule has 0 aromatic rings. The molecule has 0 spiro atoms. The van der Waals surface area contributed by atoms with Gasteiger partial charge in [0.05, 0.1) is 0 Å². The number of nitriles is 1. The Labute approximate surface area is 92.9 Å². The van der Waals surface area contributed by atoms with Crippen LogP contribution in [0.15, 0.2) is 11.3 Å². The first-order valence-corrected chi connectivity index (χ1v) is 5.76. The van der Waals surface area contributed by atoms with Gasteiger partial charge < -0.3 is 4.74 Å². The first-order chi connectivity index (χ1) is 6.94. The molecule has 1 fully saturated rings. The van der Waals surface area contributed by atoms with E-state index in [2.05, 4.69) is 13.0 Å². The lowest BCUT2D eigenvalue weighted by molar-refractivity contribution is 0.0574. The summed E-state index contributed by atoms with van der Waals surface area (Å²) in [6.45, 7) is 8.15. The minimum atomic E-state index is -0.269. The molecule has 0 N–H and O–H groups in total. The van der Waals surface area contributed by atoms with Crippen molar-refractivity contribution in [2.45, 2.75) is 59.0 Å². The minimum absolute atomic E-state index is 0.269. The van der Waals surface area contributed by atoms with E-state index in [0.717, 1.165) is 6.42 Å². The molecule has 1 aliphatic rings. The fourth-order valence-corrected chi connectivity index (χ4v) is 1.99. The van der Waals surface area contributed by atoms with Crippen molar-refractivity contribution in [2.24, 2.45) is 5.92 Å². The van der Waals surface area contributed by atoms with Gasteiger partial charge in [0.1, 0.15) is 11.7 Å². The van der Waals surface area contributed by atoms with Crippen LogP contribution in [0.25, 0.3) is 0 Å². The minimum Gasteiger partial charge on any atom is -0.478 e. The van der Waals surface area contributed by atoms with E-state index < -0.39 is 0 Å². The van der Waals surface area contributed by atoms with Crippen LogP contribution in [0.4, 0.5) is 0 Å². The Balaban J connectivity index is 2.87. The molecule has 0 heterocycles. The average molecular weight is 207 g/mol. The van der Waals surface area contributed by atoms with E-state index in [0.29, 0.717) is 11.7 Å². The molecule has 0 aromatic carbocycles. The van der Waals surface area contributed by atoms with Crippen molar-refractivity contribution >= 4 is 0 Å². The van der Waals surface area contributed by atoms with Crippen molar-refractivity contribution in [3.8, 4) is 6.07 Å². The highest BCUT2D eigenvalue weighted by molar-refractivity contribution is 5.25. The number of allylic oxidation sites excluding steroid dienone is 2. The van der Waals surface area contributed by atoms with Gasteiger partial charge in [0, 0.05) is 0 Å². The molecule has 1 unspecified atom stereocenters. The molecule has 0 radical (unpaired) electrons. The van der Waals surface area contributed by atoms with Gasteiger partial charge in [-0.2, -0.15) is 5.26 Å². The monoisotopic (exact) mass is 207 g/mol. The third-order valence-electron chi connectivity index (χ3n) is 2.73. The summed E-state index contributed by atoms with van der Waals surface area (Å²) in [5.74, 6) is 1.07. The molecule has 1 rings (SSSR count). The number of hydrogen-bond acceptors (Lipinski definition) is 2. The van der Waals surface area contributed by atoms with Gasteiger partial charge >= 0.3 is 0 Å². The molecule has 0 saturated heterocycles. The summed E-state index contributed by atoms with van der Waals surface area (Å²) in [5.41, 5.74) is 0.952. The SMILES string of the molecule is CC1CCCC/C1=C(\C#N)OC(C)(C)C. The fourth-order valence-electron chi connectivity index (χ4n) is 1.99. The van der Waals surface area contributed by atoms with Crippen molar-refractivity contribution in [1.82, 2.24) is 0 Å². The first kappa shape index (κ1) is 12.1. The lowest BCUT2D eigenvalue weighted by atomic mass is 9.85. The van der Waals surface area contributed by atoms with Gasteiger partial charge in [0.15, 0.2) is 5.76 Å². The van der Waals surface area contributed by atoms with E-state index in [1.54, 1.807) is 0 Å². The van der Waals surface area contributed by atoms with Gasteiger partial charge in [-0.1, -0.05) is 13.3 Å². The Hall–Kier alpha value is -0.970. The lowest BCUT2D eigenvalue weighted by Crippen LogP contribution is -2.21. The van der Waals surface area contributed by atoms with Gasteiger partial charge in [-0.25, -0.2) is 0 Å². The molecule has 2 nitrogen and oxygen atoms in total. The smallest absolute Gasteiger partial charge is 0.196 e. The van der Waals surface area contributed by atoms with Crippen molar-refractivity contribution in [3.63, 3.8) is 0 Å². The zero-order valence-electron chi connectivity index (χ0n) is 10.3. The van der Waals surface area contributed by atoms with Crippen LogP contribution in [0.1, 0.15) is 53.4 Å². The van der Waals surface area contributed by atoms with Crippen LogP contribution in [-0.4, -0.2) is 5.60 Å². The summed E-state index contributed by atoms with van der Waals surface area (Å²) in [6, 6.07) is 2.22. The summed E-state index contributed by atoms with van der Waals surface area (Å²) < 4.78 is 5.72. The molecule has 0 bridgehead atoms. The average Bonchev–Trinajstić information content (AvgIpc) is 2.14. The predicted molar refractivity (Wildman–Crippen MR) is 61.1 cm³/mol. The van der Waals surface area contributed by atoms with E-state index in [9.17, 15) is 0 Å². The van der Waals surface area contributed by atoms with Crippen LogP contribution in [0.2, 0.25) is 0 Å². The van der Waals surface area contributed by atoms with E-state index in [1.807, 2.05) is 20.8 Å². The van der Waals surface area contributed by atoms with Crippen molar-refractivity contribution in [2.75, 3.05) is 0 Å². The normalized spacial score (nSPS) is 25.7. The highest BCUT2D eigenvalue weighted by Gasteiger charge is 2.22. The second-order valence-corrected chi connectivity index (χ2v) is 5.33. The Morgan fingerprint density at radius 1 is 1.40 bits per heavy atom. The molecule has 1 aliphatic carbocycles. The second kappa shape index (κ2) is 4.70. The Morgan fingerprint density at radius 3 is 2.53 bits per heavy atom. The second-order valence-electron chi connectivity index (χ2n) is 5.33. The van der Waals surface area contributed by atoms with Crippen LogP contribution in [0, 0.1) is 17.2 Å². The molecule has 0 aliphatic heterocycles. The third-order valence-corrected chi connectivity index (χ3v) is 2.73. The largest absolute Gasteiger partial charge is 0.478 e. The standard InChI is InChI=1S/C13H21NO/c1-10-7-5-6-8-11(10)12(9-14)15-13(2,3)4/h10H,5-8H2,1-4H3/b12-11-. The van der Waals surface area contributed by atoms with Gasteiger partial charge in [0.2, 0.25) is 0 Å². The van der Waals surface area contributed by atoms with E-state index in [-0.39, 0.29) is 5.60 Å². The molecule has 0 amide bonds. The predicted octanol–water partition coefficient (Wildman–Crippen LogP) is 3.79. The third kappa shape index (κ3) is 3.58. The highest BCUT2D eigenvalue weighted by Crippen LogP contribution is 2.32. The molecule has 0 aromatic heterocycles. The van der Waals surface area contributed by atoms with E-state index in [4.69, 9.17) is 10.00 Å². The van der Waals surface area contributed by atoms with Gasteiger partial charge in [0.25, 0.3) is 0 Å². The number of rotatable bonds is 1. The van der Waals surface area contributed by atoms with Crippen molar-refractivity contribution in [3.05, 3.63) is 11.3 Å². The highest BCUT2D eigenvalue weighted by atomic mass is 16.5. The van der Waals surface area contributed by atoms with Crippen LogP contribution in [0.3, 0.4) is 0 Å². The number of nitrogens with zero attached hydrogens (tertiary/aromatic N) is 1. The zero-order valence-corrected chi connectivity index (χ0v) is 10.3. The van der Waals surface area contributed by atoms with Crippen LogP contribution >= 0.6 is 0 Å². The molecular formula is C13H21NO. The molecule has 15 heavy (non-hydrogen) atoms. The summed E-state index contributed by atoms with van der Waals surface area (Å²) in [7, 11) is 0. The summed E-state index contributed by atoms with van der Waals surface area (Å²) in [6.07, 6.45) is 4.69. The van der Waals surface area contributed by atoms with Crippen molar-refractivity contribution < 1.29 is 4.74 Å². The topological polar surface area (TPSA) is 33.0 Å². The van der Waals surface area contributed by atoms with Crippen LogP contribution in [0.5, 0.6) is 0 Å². The number of ether oxygens (including phenoxy) is 1. The van der Waals surface area contributed by atoms with Gasteiger partial charge in [-0.3, -0.25) is 0 Å². The molecule has 1 saturated carbocycles. The van der Waals surface area contributed by atoms with Gasteiger partial charge in [-0.05, 0) is 51.5 Å². The fraction of sp³-hybridized carbons (Fsp3) is 0.769. The van der Waals surface area contributed by atoms with E-state index in [1.165, 1.54) is 24.8 Å². The Bertz CT molecular complexity index is 291. The Kier molecular flexibility index (Phi) is 3.79. The van der Waals surface area contributed by atoms with Crippen molar-refractivity contribution in [1.29, 1.82) is 5.26 Å². The van der Waals surface area contributed by atoms with E-state index >= 15 is 0 Å². The van der Waals surface area contributed by atoms with Gasteiger partial charge in [-0.15, -0.1) is 0 Å². The maximum atomic E-state index is 9.13. The zero-order chi connectivity index (χ0) is 11.5. The maximum absolute atomic E-state index is 9.13. The summed E-state index contributed by atoms with van der Waals surface area (Å²) in [4.78, 5) is 0. The Morgan fingerprint density at radius 2 is 2.07 bits per heavy atom. The molecule has 84 valence electrons.